The normalized spacial score (nSPS) is 10.4. The molecule has 144 valence electrons. The minimum Gasteiger partial charge on any atom is -0.483 e. The number of carbonyl (C=O) groups excluding carboxylic acids is 2. The van der Waals surface area contributed by atoms with Gasteiger partial charge in [0.1, 0.15) is 5.75 Å². The van der Waals surface area contributed by atoms with Gasteiger partial charge in [-0.25, -0.2) is 0 Å². The summed E-state index contributed by atoms with van der Waals surface area (Å²) in [7, 11) is 0. The molecule has 3 aromatic rings. The highest BCUT2D eigenvalue weighted by Crippen LogP contribution is 2.34. The fourth-order valence-electron chi connectivity index (χ4n) is 2.26. The molecular formula is C18H13Br2N3O4S. The van der Waals surface area contributed by atoms with Gasteiger partial charge in [0.2, 0.25) is 0 Å². The molecule has 2 amide bonds. The molecule has 0 unspecified atom stereocenters. The highest BCUT2D eigenvalue weighted by molar-refractivity contribution is 9.11. The van der Waals surface area contributed by atoms with Crippen LogP contribution in [-0.2, 0) is 4.79 Å². The standard InChI is InChI=1S/C18H13Br2N3O4S/c19-11-4-5-12-10(8-11)3-6-13(16(12)20)27-9-15(24)22-23-18(28)21-17(25)14-2-1-7-26-14/h1-8H,9H2,(H,22,24)(H2,21,23,25,28). The maximum absolute atomic E-state index is 11.9. The van der Waals surface area contributed by atoms with Crippen LogP contribution in [0.4, 0.5) is 0 Å². The van der Waals surface area contributed by atoms with Crippen molar-refractivity contribution >= 4 is 71.8 Å². The second-order valence-corrected chi connectivity index (χ2v) is 7.58. The molecule has 0 saturated carbocycles. The molecule has 0 fully saturated rings. The summed E-state index contributed by atoms with van der Waals surface area (Å²) in [4.78, 5) is 23.7. The third kappa shape index (κ3) is 5.09. The van der Waals surface area contributed by atoms with E-state index in [0.717, 1.165) is 19.7 Å². The lowest BCUT2D eigenvalue weighted by molar-refractivity contribution is -0.123. The molecule has 28 heavy (non-hydrogen) atoms. The zero-order valence-electron chi connectivity index (χ0n) is 14.1. The highest BCUT2D eigenvalue weighted by atomic mass is 79.9. The Hall–Kier alpha value is -2.43. The number of furan rings is 1. The number of amides is 2. The van der Waals surface area contributed by atoms with Crippen LogP contribution in [0.2, 0.25) is 0 Å². The summed E-state index contributed by atoms with van der Waals surface area (Å²) in [6, 6.07) is 12.6. The van der Waals surface area contributed by atoms with E-state index in [1.165, 1.54) is 12.3 Å². The summed E-state index contributed by atoms with van der Waals surface area (Å²) < 4.78 is 12.2. The molecule has 1 aromatic heterocycles. The minimum absolute atomic E-state index is 0.0767. The molecule has 3 rings (SSSR count). The Morgan fingerprint density at radius 1 is 1.11 bits per heavy atom. The maximum atomic E-state index is 11.9. The van der Waals surface area contributed by atoms with Gasteiger partial charge in [0.25, 0.3) is 11.8 Å². The number of hydrazine groups is 1. The molecule has 10 heteroatoms. The van der Waals surface area contributed by atoms with Crippen LogP contribution in [-0.4, -0.2) is 23.5 Å². The Morgan fingerprint density at radius 3 is 2.68 bits per heavy atom. The molecule has 1 heterocycles. The fraction of sp³-hybridized carbons (Fsp3) is 0.0556. The number of ether oxygens (including phenoxy) is 1. The van der Waals surface area contributed by atoms with Gasteiger partial charge in [-0.1, -0.05) is 28.1 Å². The molecule has 0 bridgehead atoms. The van der Waals surface area contributed by atoms with E-state index in [1.807, 2.05) is 24.3 Å². The van der Waals surface area contributed by atoms with Crippen molar-refractivity contribution in [3.63, 3.8) is 0 Å². The first-order valence-corrected chi connectivity index (χ1v) is 9.87. The van der Waals surface area contributed by atoms with Crippen molar-refractivity contribution in [3.8, 4) is 5.75 Å². The van der Waals surface area contributed by atoms with Gasteiger partial charge in [-0.15, -0.1) is 0 Å². The molecule has 7 nitrogen and oxygen atoms in total. The zero-order chi connectivity index (χ0) is 20.1. The molecule has 0 atom stereocenters. The van der Waals surface area contributed by atoms with E-state index in [1.54, 1.807) is 12.1 Å². The van der Waals surface area contributed by atoms with Crippen LogP contribution in [0.1, 0.15) is 10.6 Å². The van der Waals surface area contributed by atoms with Crippen molar-refractivity contribution in [1.29, 1.82) is 0 Å². The summed E-state index contributed by atoms with van der Waals surface area (Å²) in [6.45, 7) is -0.248. The lowest BCUT2D eigenvalue weighted by atomic mass is 10.1. The molecule has 0 aliphatic rings. The number of rotatable bonds is 4. The fourth-order valence-corrected chi connectivity index (χ4v) is 3.39. The molecule has 0 spiro atoms. The second-order valence-electron chi connectivity index (χ2n) is 5.47. The third-order valence-corrected chi connectivity index (χ3v) is 5.04. The van der Waals surface area contributed by atoms with Crippen molar-refractivity contribution < 1.29 is 18.7 Å². The van der Waals surface area contributed by atoms with E-state index in [-0.39, 0.29) is 17.5 Å². The quantitative estimate of drug-likeness (QED) is 0.355. The first-order valence-electron chi connectivity index (χ1n) is 7.88. The van der Waals surface area contributed by atoms with Gasteiger partial charge in [0.05, 0.1) is 10.7 Å². The number of carbonyl (C=O) groups is 2. The van der Waals surface area contributed by atoms with Crippen LogP contribution in [0, 0.1) is 0 Å². The van der Waals surface area contributed by atoms with Gasteiger partial charge in [0.15, 0.2) is 17.5 Å². The Morgan fingerprint density at radius 2 is 1.93 bits per heavy atom. The Balaban J connectivity index is 1.50. The summed E-state index contributed by atoms with van der Waals surface area (Å²) in [5.74, 6) is -0.372. The zero-order valence-corrected chi connectivity index (χ0v) is 18.1. The van der Waals surface area contributed by atoms with Crippen LogP contribution < -0.4 is 20.9 Å². The molecule has 0 aliphatic carbocycles. The van der Waals surface area contributed by atoms with E-state index in [9.17, 15) is 9.59 Å². The lowest BCUT2D eigenvalue weighted by Gasteiger charge is -2.12. The number of halogens is 2. The predicted molar refractivity (Wildman–Crippen MR) is 115 cm³/mol. The van der Waals surface area contributed by atoms with E-state index < -0.39 is 11.8 Å². The van der Waals surface area contributed by atoms with Gasteiger partial charge in [-0.05, 0) is 69.3 Å². The largest absolute Gasteiger partial charge is 0.483 e. The molecule has 2 aromatic carbocycles. The molecule has 0 aliphatic heterocycles. The van der Waals surface area contributed by atoms with Crippen LogP contribution in [0.15, 0.2) is 62.1 Å². The van der Waals surface area contributed by atoms with Crippen molar-refractivity contribution in [1.82, 2.24) is 16.2 Å². The van der Waals surface area contributed by atoms with E-state index in [2.05, 4.69) is 48.0 Å². The summed E-state index contributed by atoms with van der Waals surface area (Å²) >= 11 is 11.9. The number of nitrogens with one attached hydrogen (secondary N) is 3. The number of hydrogen-bond acceptors (Lipinski definition) is 5. The van der Waals surface area contributed by atoms with Crippen LogP contribution in [0.3, 0.4) is 0 Å². The maximum Gasteiger partial charge on any atom is 0.293 e. The summed E-state index contributed by atoms with van der Waals surface area (Å²) in [5.41, 5.74) is 4.77. The number of fused-ring (bicyclic) bond motifs is 1. The van der Waals surface area contributed by atoms with Crippen molar-refractivity contribution in [2.75, 3.05) is 6.61 Å². The topological polar surface area (TPSA) is 92.6 Å². The van der Waals surface area contributed by atoms with E-state index in [4.69, 9.17) is 21.4 Å². The number of benzene rings is 2. The van der Waals surface area contributed by atoms with E-state index >= 15 is 0 Å². The van der Waals surface area contributed by atoms with E-state index in [0.29, 0.717) is 5.75 Å². The number of thiocarbonyl (C=S) groups is 1. The van der Waals surface area contributed by atoms with Crippen LogP contribution >= 0.6 is 44.1 Å². The average Bonchev–Trinajstić information content (AvgIpc) is 3.20. The number of hydrogen-bond donors (Lipinski definition) is 3. The Labute approximate surface area is 182 Å². The Kier molecular flexibility index (Phi) is 6.65. The minimum atomic E-state index is -0.528. The van der Waals surface area contributed by atoms with Crippen molar-refractivity contribution in [3.05, 3.63) is 63.4 Å². The molecule has 0 saturated heterocycles. The Bertz CT molecular complexity index is 1040. The third-order valence-electron chi connectivity index (χ3n) is 3.53. The SMILES string of the molecule is O=C(COc1ccc2cc(Br)ccc2c1Br)NNC(=S)NC(=O)c1ccco1. The monoisotopic (exact) mass is 525 g/mol. The average molecular weight is 527 g/mol. The molecule has 3 N–H and O–H groups in total. The van der Waals surface area contributed by atoms with Crippen molar-refractivity contribution in [2.24, 2.45) is 0 Å². The first-order chi connectivity index (χ1) is 13.4. The second kappa shape index (κ2) is 9.18. The first kappa shape index (κ1) is 20.3. The molecule has 0 radical (unpaired) electrons. The predicted octanol–water partition coefficient (Wildman–Crippen LogP) is 3.67. The highest BCUT2D eigenvalue weighted by Gasteiger charge is 2.12. The molecular weight excluding hydrogens is 514 g/mol. The lowest BCUT2D eigenvalue weighted by Crippen LogP contribution is -2.49. The summed E-state index contributed by atoms with van der Waals surface area (Å²) in [5, 5.41) is 4.27. The smallest absolute Gasteiger partial charge is 0.293 e. The van der Waals surface area contributed by atoms with Crippen LogP contribution in [0.5, 0.6) is 5.75 Å². The van der Waals surface area contributed by atoms with Gasteiger partial charge in [-0.3, -0.25) is 25.8 Å². The van der Waals surface area contributed by atoms with Crippen LogP contribution in [0.25, 0.3) is 10.8 Å². The van der Waals surface area contributed by atoms with Gasteiger partial charge < -0.3 is 9.15 Å². The van der Waals surface area contributed by atoms with Crippen molar-refractivity contribution in [2.45, 2.75) is 0 Å². The van der Waals surface area contributed by atoms with Gasteiger partial charge >= 0.3 is 0 Å². The van der Waals surface area contributed by atoms with Gasteiger partial charge in [0, 0.05) is 4.47 Å². The summed E-state index contributed by atoms with van der Waals surface area (Å²) in [6.07, 6.45) is 1.37. The van der Waals surface area contributed by atoms with Gasteiger partial charge in [-0.2, -0.15) is 0 Å².